The summed E-state index contributed by atoms with van der Waals surface area (Å²) in [6.45, 7) is 5.54. The molecule has 0 bridgehead atoms. The minimum atomic E-state index is -0.721. The van der Waals surface area contributed by atoms with Crippen molar-refractivity contribution in [2.45, 2.75) is 33.2 Å². The highest BCUT2D eigenvalue weighted by atomic mass is 16.3. The average Bonchev–Trinajstić information content (AvgIpc) is 2.88. The lowest BCUT2D eigenvalue weighted by Crippen LogP contribution is -2.32. The van der Waals surface area contributed by atoms with E-state index in [0.717, 1.165) is 11.1 Å². The van der Waals surface area contributed by atoms with Gasteiger partial charge in [0.25, 0.3) is 5.91 Å². The van der Waals surface area contributed by atoms with Crippen LogP contribution < -0.4 is 4.90 Å². The SMILES string of the molecule is CCC(=O)C1=C(O)C(=O)N(c2cc(C)ccc2C)C1c1ccccn1. The van der Waals surface area contributed by atoms with E-state index in [1.54, 1.807) is 31.3 Å². The molecule has 5 nitrogen and oxygen atoms in total. The zero-order chi connectivity index (χ0) is 18.1. The van der Waals surface area contributed by atoms with Crippen molar-refractivity contribution in [2.75, 3.05) is 4.90 Å². The van der Waals surface area contributed by atoms with Crippen molar-refractivity contribution in [1.82, 2.24) is 4.98 Å². The van der Waals surface area contributed by atoms with E-state index in [4.69, 9.17) is 0 Å². The van der Waals surface area contributed by atoms with Crippen LogP contribution in [-0.4, -0.2) is 21.8 Å². The van der Waals surface area contributed by atoms with Crippen molar-refractivity contribution in [3.63, 3.8) is 0 Å². The summed E-state index contributed by atoms with van der Waals surface area (Å²) in [5.41, 5.74) is 3.22. The maximum absolute atomic E-state index is 12.8. The lowest BCUT2D eigenvalue weighted by molar-refractivity contribution is -0.118. The van der Waals surface area contributed by atoms with Gasteiger partial charge in [-0.2, -0.15) is 0 Å². The van der Waals surface area contributed by atoms with Crippen LogP contribution >= 0.6 is 0 Å². The number of anilines is 1. The minimum Gasteiger partial charge on any atom is -0.503 e. The molecule has 2 heterocycles. The molecule has 1 aromatic carbocycles. The fraction of sp³-hybridized carbons (Fsp3) is 0.250. The maximum atomic E-state index is 12.8. The Morgan fingerprint density at radius 1 is 1.24 bits per heavy atom. The van der Waals surface area contributed by atoms with Gasteiger partial charge in [-0.15, -0.1) is 0 Å². The molecule has 1 amide bonds. The molecule has 0 radical (unpaired) electrons. The van der Waals surface area contributed by atoms with Crippen LogP contribution in [0.2, 0.25) is 0 Å². The summed E-state index contributed by atoms with van der Waals surface area (Å²) < 4.78 is 0. The minimum absolute atomic E-state index is 0.118. The molecule has 25 heavy (non-hydrogen) atoms. The quantitative estimate of drug-likeness (QED) is 0.926. The second-order valence-electron chi connectivity index (χ2n) is 6.16. The Morgan fingerprint density at radius 2 is 2.00 bits per heavy atom. The van der Waals surface area contributed by atoms with Crippen molar-refractivity contribution >= 4 is 17.4 Å². The number of benzene rings is 1. The Bertz CT molecular complexity index is 872. The Hall–Kier alpha value is -2.95. The predicted octanol–water partition coefficient (Wildman–Crippen LogP) is 3.58. The first kappa shape index (κ1) is 16.9. The molecule has 1 N–H and O–H groups in total. The zero-order valence-electron chi connectivity index (χ0n) is 14.5. The summed E-state index contributed by atoms with van der Waals surface area (Å²) in [4.78, 5) is 31.1. The van der Waals surface area contributed by atoms with Gasteiger partial charge in [-0.25, -0.2) is 0 Å². The van der Waals surface area contributed by atoms with Gasteiger partial charge in [0.15, 0.2) is 11.5 Å². The number of rotatable bonds is 4. The molecule has 2 aromatic rings. The van der Waals surface area contributed by atoms with E-state index >= 15 is 0 Å². The van der Waals surface area contributed by atoms with Crippen LogP contribution in [0.4, 0.5) is 5.69 Å². The van der Waals surface area contributed by atoms with E-state index in [0.29, 0.717) is 11.4 Å². The number of aliphatic hydroxyl groups is 1. The molecule has 0 saturated heterocycles. The van der Waals surface area contributed by atoms with Gasteiger partial charge in [0.05, 0.1) is 11.3 Å². The van der Waals surface area contributed by atoms with Crippen molar-refractivity contribution in [1.29, 1.82) is 0 Å². The number of nitrogens with zero attached hydrogens (tertiary/aromatic N) is 2. The molecule has 0 saturated carbocycles. The average molecular weight is 336 g/mol. The van der Waals surface area contributed by atoms with Crippen LogP contribution in [0, 0.1) is 13.8 Å². The van der Waals surface area contributed by atoms with Gasteiger partial charge in [0.2, 0.25) is 0 Å². The third kappa shape index (κ3) is 2.82. The van der Waals surface area contributed by atoms with Crippen LogP contribution in [0.3, 0.4) is 0 Å². The van der Waals surface area contributed by atoms with Gasteiger partial charge in [-0.05, 0) is 43.2 Å². The number of amides is 1. The highest BCUT2D eigenvalue weighted by Gasteiger charge is 2.44. The first-order valence-corrected chi connectivity index (χ1v) is 8.23. The van der Waals surface area contributed by atoms with Gasteiger partial charge in [0.1, 0.15) is 6.04 Å². The number of hydrogen-bond donors (Lipinski definition) is 1. The molecule has 1 unspecified atom stereocenters. The molecule has 5 heteroatoms. The molecule has 1 aromatic heterocycles. The van der Waals surface area contributed by atoms with E-state index in [1.165, 1.54) is 4.90 Å². The summed E-state index contributed by atoms with van der Waals surface area (Å²) >= 11 is 0. The number of carbonyl (C=O) groups is 2. The maximum Gasteiger partial charge on any atom is 0.294 e. The van der Waals surface area contributed by atoms with Crippen LogP contribution in [0.1, 0.15) is 36.2 Å². The van der Waals surface area contributed by atoms with Crippen LogP contribution in [0.25, 0.3) is 0 Å². The molecular weight excluding hydrogens is 316 g/mol. The number of pyridine rings is 1. The Morgan fingerprint density at radius 3 is 2.64 bits per heavy atom. The van der Waals surface area contributed by atoms with Gasteiger partial charge >= 0.3 is 0 Å². The van der Waals surface area contributed by atoms with Crippen molar-refractivity contribution < 1.29 is 14.7 Å². The van der Waals surface area contributed by atoms with E-state index < -0.39 is 17.7 Å². The Balaban J connectivity index is 2.22. The van der Waals surface area contributed by atoms with E-state index in [9.17, 15) is 14.7 Å². The normalized spacial score (nSPS) is 17.3. The van der Waals surface area contributed by atoms with Crippen molar-refractivity contribution in [3.05, 3.63) is 70.7 Å². The molecule has 0 aliphatic carbocycles. The second-order valence-corrected chi connectivity index (χ2v) is 6.16. The number of Topliss-reactive ketones (excluding diaryl/α,β-unsaturated/α-hetero) is 1. The number of ketones is 1. The van der Waals surface area contributed by atoms with Crippen molar-refractivity contribution in [3.8, 4) is 0 Å². The summed E-state index contributed by atoms with van der Waals surface area (Å²) in [5, 5.41) is 10.4. The monoisotopic (exact) mass is 336 g/mol. The molecule has 3 rings (SSSR count). The number of carbonyl (C=O) groups excluding carboxylic acids is 2. The highest BCUT2D eigenvalue weighted by molar-refractivity contribution is 6.16. The molecule has 1 aliphatic heterocycles. The number of aliphatic hydroxyl groups excluding tert-OH is 1. The molecule has 0 spiro atoms. The third-order valence-electron chi connectivity index (χ3n) is 4.42. The Kier molecular flexibility index (Phi) is 4.40. The van der Waals surface area contributed by atoms with Crippen LogP contribution in [0.5, 0.6) is 0 Å². The second kappa shape index (κ2) is 6.51. The molecule has 0 fully saturated rings. The smallest absolute Gasteiger partial charge is 0.294 e. The predicted molar refractivity (Wildman–Crippen MR) is 95.3 cm³/mol. The van der Waals surface area contributed by atoms with E-state index in [1.807, 2.05) is 32.0 Å². The fourth-order valence-electron chi connectivity index (χ4n) is 3.13. The standard InChI is InChI=1S/C20H20N2O3/c1-4-16(23)17-18(14-7-5-6-10-21-14)22(20(25)19(17)24)15-11-12(2)8-9-13(15)3/h5-11,18,24H,4H2,1-3H3. The summed E-state index contributed by atoms with van der Waals surface area (Å²) in [6, 6.07) is 10.4. The lowest BCUT2D eigenvalue weighted by Gasteiger charge is -2.27. The Labute approximate surface area is 146 Å². The number of hydrogen-bond acceptors (Lipinski definition) is 4. The van der Waals surface area contributed by atoms with Gasteiger partial charge in [-0.3, -0.25) is 19.5 Å². The lowest BCUT2D eigenvalue weighted by atomic mass is 9.97. The van der Waals surface area contributed by atoms with E-state index in [2.05, 4.69) is 4.98 Å². The first-order chi connectivity index (χ1) is 12.0. The molecular formula is C20H20N2O3. The molecule has 1 aliphatic rings. The fourth-order valence-corrected chi connectivity index (χ4v) is 3.13. The van der Waals surface area contributed by atoms with Crippen molar-refractivity contribution in [2.24, 2.45) is 0 Å². The highest BCUT2D eigenvalue weighted by Crippen LogP contribution is 2.41. The summed E-state index contributed by atoms with van der Waals surface area (Å²) in [6.07, 6.45) is 1.82. The van der Waals surface area contributed by atoms with Gasteiger partial charge in [0, 0.05) is 18.3 Å². The molecule has 1 atom stereocenters. The third-order valence-corrected chi connectivity index (χ3v) is 4.42. The largest absolute Gasteiger partial charge is 0.503 e. The van der Waals surface area contributed by atoms with Crippen LogP contribution in [-0.2, 0) is 9.59 Å². The number of aryl methyl sites for hydroxylation is 2. The first-order valence-electron chi connectivity index (χ1n) is 8.23. The van der Waals surface area contributed by atoms with E-state index in [-0.39, 0.29) is 17.8 Å². The van der Waals surface area contributed by atoms with Gasteiger partial charge < -0.3 is 5.11 Å². The topological polar surface area (TPSA) is 70.5 Å². The van der Waals surface area contributed by atoms with Gasteiger partial charge in [-0.1, -0.05) is 25.1 Å². The van der Waals surface area contributed by atoms with Crippen LogP contribution in [0.15, 0.2) is 53.9 Å². The number of aromatic nitrogens is 1. The summed E-state index contributed by atoms with van der Waals surface area (Å²) in [5.74, 6) is -1.31. The summed E-state index contributed by atoms with van der Waals surface area (Å²) in [7, 11) is 0. The zero-order valence-corrected chi connectivity index (χ0v) is 14.5. The molecule has 128 valence electrons.